The molecule has 7 heteroatoms. The van der Waals surface area contributed by atoms with Crippen molar-refractivity contribution >= 4 is 33.7 Å². The molecule has 1 amide bonds. The van der Waals surface area contributed by atoms with Crippen LogP contribution in [0, 0.1) is 0 Å². The van der Waals surface area contributed by atoms with Crippen LogP contribution in [0.5, 0.6) is 5.75 Å². The van der Waals surface area contributed by atoms with E-state index in [0.29, 0.717) is 22.6 Å². The fourth-order valence-electron chi connectivity index (χ4n) is 3.10. The van der Waals surface area contributed by atoms with Crippen molar-refractivity contribution in [1.82, 2.24) is 9.38 Å². The molecule has 6 nitrogen and oxygen atoms in total. The lowest BCUT2D eigenvalue weighted by Crippen LogP contribution is -2.15. The molecule has 4 aromatic rings. The van der Waals surface area contributed by atoms with Crippen molar-refractivity contribution in [3.8, 4) is 17.0 Å². The van der Waals surface area contributed by atoms with Gasteiger partial charge in [-0.15, -0.1) is 11.3 Å². The predicted octanol–water partition coefficient (Wildman–Crippen LogP) is 4.46. The molecule has 0 aliphatic rings. The van der Waals surface area contributed by atoms with E-state index in [1.54, 1.807) is 36.6 Å². The number of Topliss-reactive ketones (excluding diaryl/α,β-unsaturated/α-hetero) is 1. The minimum absolute atomic E-state index is 0.0518. The Morgan fingerprint density at radius 2 is 1.97 bits per heavy atom. The summed E-state index contributed by atoms with van der Waals surface area (Å²) in [4.78, 5) is 29.6. The van der Waals surface area contributed by atoms with E-state index in [1.165, 1.54) is 6.92 Å². The maximum absolute atomic E-state index is 12.5. The molecule has 1 N–H and O–H groups in total. The Balaban J connectivity index is 1.46. The van der Waals surface area contributed by atoms with Gasteiger partial charge >= 0.3 is 0 Å². The quantitative estimate of drug-likeness (QED) is 0.481. The molecular formula is C22H19N3O3S. The summed E-state index contributed by atoms with van der Waals surface area (Å²) in [5.74, 6) is 0.351. The SMILES string of the molecule is COc1ccc(C(C)=O)cc1CC(=O)Nc1ccc(-c2cn3ccsc3n2)cc1. The third-order valence-corrected chi connectivity index (χ3v) is 5.37. The van der Waals surface area contributed by atoms with Crippen LogP contribution in [0.15, 0.2) is 60.2 Å². The highest BCUT2D eigenvalue weighted by molar-refractivity contribution is 7.15. The van der Waals surface area contributed by atoms with Gasteiger partial charge in [0, 0.05) is 40.2 Å². The number of hydrogen-bond acceptors (Lipinski definition) is 5. The lowest BCUT2D eigenvalue weighted by atomic mass is 10.0. The van der Waals surface area contributed by atoms with Gasteiger partial charge < -0.3 is 10.1 Å². The number of aromatic nitrogens is 2. The first-order valence-electron chi connectivity index (χ1n) is 9.04. The zero-order chi connectivity index (χ0) is 20.4. The fourth-order valence-corrected chi connectivity index (χ4v) is 3.80. The van der Waals surface area contributed by atoms with Crippen molar-refractivity contribution in [3.63, 3.8) is 0 Å². The number of anilines is 1. The Hall–Kier alpha value is -3.45. The van der Waals surface area contributed by atoms with Crippen molar-refractivity contribution in [1.29, 1.82) is 0 Å². The Morgan fingerprint density at radius 1 is 1.17 bits per heavy atom. The van der Waals surface area contributed by atoms with Crippen molar-refractivity contribution in [2.24, 2.45) is 0 Å². The molecule has 0 saturated heterocycles. The summed E-state index contributed by atoms with van der Waals surface area (Å²) in [5.41, 5.74) is 3.79. The van der Waals surface area contributed by atoms with Gasteiger partial charge in [0.1, 0.15) is 5.75 Å². The number of fused-ring (bicyclic) bond motifs is 1. The van der Waals surface area contributed by atoms with Crippen molar-refractivity contribution in [2.45, 2.75) is 13.3 Å². The Bertz CT molecular complexity index is 1160. The summed E-state index contributed by atoms with van der Waals surface area (Å²) in [5, 5.41) is 4.88. The Morgan fingerprint density at radius 3 is 2.66 bits per heavy atom. The van der Waals surface area contributed by atoms with E-state index < -0.39 is 0 Å². The standard InChI is InChI=1S/C22H19N3O3S/c1-14(26)16-5-8-20(28-2)17(11-16)12-21(27)23-18-6-3-15(4-7-18)19-13-25-9-10-29-22(25)24-19/h3-11,13H,12H2,1-2H3,(H,23,27). The van der Waals surface area contributed by atoms with Gasteiger partial charge in [-0.25, -0.2) is 4.98 Å². The van der Waals surface area contributed by atoms with Gasteiger partial charge in [0.05, 0.1) is 19.2 Å². The number of nitrogens with one attached hydrogen (secondary N) is 1. The number of nitrogens with zero attached hydrogens (tertiary/aromatic N) is 2. The van der Waals surface area contributed by atoms with Crippen LogP contribution in [0.3, 0.4) is 0 Å². The second kappa shape index (κ2) is 7.89. The topological polar surface area (TPSA) is 72.7 Å². The summed E-state index contributed by atoms with van der Waals surface area (Å²) in [7, 11) is 1.54. The number of rotatable bonds is 6. The van der Waals surface area contributed by atoms with Gasteiger partial charge in [0.2, 0.25) is 5.91 Å². The highest BCUT2D eigenvalue weighted by Crippen LogP contribution is 2.24. The average Bonchev–Trinajstić information content (AvgIpc) is 3.30. The normalized spacial score (nSPS) is 10.8. The number of ketones is 1. The lowest BCUT2D eigenvalue weighted by molar-refractivity contribution is -0.115. The van der Waals surface area contributed by atoms with E-state index in [1.807, 2.05) is 46.4 Å². The van der Waals surface area contributed by atoms with Crippen molar-refractivity contribution < 1.29 is 14.3 Å². The fraction of sp³-hybridized carbons (Fsp3) is 0.136. The Kier molecular flexibility index (Phi) is 5.14. The smallest absolute Gasteiger partial charge is 0.228 e. The Labute approximate surface area is 171 Å². The number of amides is 1. The third-order valence-electron chi connectivity index (χ3n) is 4.60. The monoisotopic (exact) mass is 405 g/mol. The zero-order valence-corrected chi connectivity index (χ0v) is 16.8. The molecule has 0 radical (unpaired) electrons. The molecule has 0 aliphatic carbocycles. The second-order valence-electron chi connectivity index (χ2n) is 6.60. The van der Waals surface area contributed by atoms with Gasteiger partial charge in [-0.1, -0.05) is 12.1 Å². The van der Waals surface area contributed by atoms with E-state index >= 15 is 0 Å². The number of carbonyl (C=O) groups excluding carboxylic acids is 2. The molecule has 0 aliphatic heterocycles. The highest BCUT2D eigenvalue weighted by Gasteiger charge is 2.12. The average molecular weight is 405 g/mol. The maximum Gasteiger partial charge on any atom is 0.228 e. The minimum Gasteiger partial charge on any atom is -0.496 e. The molecule has 0 atom stereocenters. The summed E-state index contributed by atoms with van der Waals surface area (Å²) in [6.07, 6.45) is 4.07. The summed E-state index contributed by atoms with van der Waals surface area (Å²) in [6, 6.07) is 12.7. The summed E-state index contributed by atoms with van der Waals surface area (Å²) < 4.78 is 7.30. The second-order valence-corrected chi connectivity index (χ2v) is 7.48. The van der Waals surface area contributed by atoms with Gasteiger partial charge in [-0.3, -0.25) is 14.0 Å². The van der Waals surface area contributed by atoms with E-state index in [9.17, 15) is 9.59 Å². The van der Waals surface area contributed by atoms with Crippen LogP contribution in [-0.4, -0.2) is 28.2 Å². The molecule has 0 bridgehead atoms. The molecule has 2 aromatic carbocycles. The largest absolute Gasteiger partial charge is 0.496 e. The van der Waals surface area contributed by atoms with Crippen LogP contribution in [0.25, 0.3) is 16.2 Å². The van der Waals surface area contributed by atoms with E-state index in [4.69, 9.17) is 4.74 Å². The number of thiazole rings is 1. The summed E-state index contributed by atoms with van der Waals surface area (Å²) >= 11 is 1.58. The number of ether oxygens (including phenoxy) is 1. The zero-order valence-electron chi connectivity index (χ0n) is 16.0. The van der Waals surface area contributed by atoms with Crippen LogP contribution in [0.4, 0.5) is 5.69 Å². The van der Waals surface area contributed by atoms with Crippen LogP contribution < -0.4 is 10.1 Å². The van der Waals surface area contributed by atoms with E-state index in [0.717, 1.165) is 16.2 Å². The van der Waals surface area contributed by atoms with Crippen LogP contribution in [0.1, 0.15) is 22.8 Å². The van der Waals surface area contributed by atoms with E-state index in [-0.39, 0.29) is 18.1 Å². The van der Waals surface area contributed by atoms with Gasteiger partial charge in [0.15, 0.2) is 10.7 Å². The number of imidazole rings is 1. The molecule has 29 heavy (non-hydrogen) atoms. The first-order valence-corrected chi connectivity index (χ1v) is 9.92. The number of hydrogen-bond donors (Lipinski definition) is 1. The maximum atomic E-state index is 12.5. The van der Waals surface area contributed by atoms with Gasteiger partial charge in [-0.05, 0) is 37.3 Å². The van der Waals surface area contributed by atoms with Crippen molar-refractivity contribution in [3.05, 3.63) is 71.4 Å². The van der Waals surface area contributed by atoms with Crippen LogP contribution in [0.2, 0.25) is 0 Å². The first kappa shape index (κ1) is 18.9. The van der Waals surface area contributed by atoms with Crippen molar-refractivity contribution in [2.75, 3.05) is 12.4 Å². The number of methoxy groups -OCH3 is 1. The predicted molar refractivity (Wildman–Crippen MR) is 114 cm³/mol. The minimum atomic E-state index is -0.181. The summed E-state index contributed by atoms with van der Waals surface area (Å²) in [6.45, 7) is 1.50. The molecule has 2 heterocycles. The third kappa shape index (κ3) is 4.05. The molecule has 146 valence electrons. The number of benzene rings is 2. The van der Waals surface area contributed by atoms with Gasteiger partial charge in [-0.2, -0.15) is 0 Å². The van der Waals surface area contributed by atoms with E-state index in [2.05, 4.69) is 10.3 Å². The highest BCUT2D eigenvalue weighted by atomic mass is 32.1. The molecule has 0 fully saturated rings. The van der Waals surface area contributed by atoms with Crippen LogP contribution in [-0.2, 0) is 11.2 Å². The number of carbonyl (C=O) groups is 2. The lowest BCUT2D eigenvalue weighted by Gasteiger charge is -2.11. The molecule has 0 saturated carbocycles. The van der Waals surface area contributed by atoms with Gasteiger partial charge in [0.25, 0.3) is 0 Å². The molecule has 4 rings (SSSR count). The van der Waals surface area contributed by atoms with Crippen LogP contribution >= 0.6 is 11.3 Å². The molecular weight excluding hydrogens is 386 g/mol. The molecule has 0 unspecified atom stereocenters. The first-order chi connectivity index (χ1) is 14.0. The molecule has 2 aromatic heterocycles. The molecule has 0 spiro atoms.